The Bertz CT molecular complexity index is 627. The normalized spacial score (nSPS) is 10.4. The molecule has 0 bridgehead atoms. The largest absolute Gasteiger partial charge is 0.494 e. The minimum atomic E-state index is -0.466. The lowest BCUT2D eigenvalue weighted by molar-refractivity contribution is 0.0753. The topological polar surface area (TPSA) is 42.7 Å². The zero-order valence-electron chi connectivity index (χ0n) is 11.0. The van der Waals surface area contributed by atoms with Gasteiger partial charge < -0.3 is 14.1 Å². The van der Waals surface area contributed by atoms with Crippen LogP contribution in [0.1, 0.15) is 16.1 Å². The van der Waals surface area contributed by atoms with Crippen molar-refractivity contribution in [3.63, 3.8) is 0 Å². The second-order valence-electron chi connectivity index (χ2n) is 4.23. The Labute approximate surface area is 120 Å². The van der Waals surface area contributed by atoms with E-state index in [9.17, 15) is 9.18 Å². The molecule has 2 rings (SSSR count). The van der Waals surface area contributed by atoms with Crippen LogP contribution in [0.15, 0.2) is 34.7 Å². The monoisotopic (exact) mass is 297 g/mol. The fourth-order valence-corrected chi connectivity index (χ4v) is 1.92. The Morgan fingerprint density at radius 3 is 2.70 bits per heavy atom. The summed E-state index contributed by atoms with van der Waals surface area (Å²) in [4.78, 5) is 13.4. The van der Waals surface area contributed by atoms with Crippen LogP contribution >= 0.6 is 11.6 Å². The molecule has 106 valence electrons. The van der Waals surface area contributed by atoms with Crippen LogP contribution in [0.5, 0.6) is 5.75 Å². The van der Waals surface area contributed by atoms with E-state index in [1.165, 1.54) is 36.3 Å². The third-order valence-corrected chi connectivity index (χ3v) is 2.97. The van der Waals surface area contributed by atoms with Crippen molar-refractivity contribution >= 4 is 17.5 Å². The van der Waals surface area contributed by atoms with Crippen molar-refractivity contribution in [3.05, 3.63) is 52.7 Å². The van der Waals surface area contributed by atoms with E-state index in [1.807, 2.05) is 0 Å². The number of halogens is 2. The smallest absolute Gasteiger partial charge is 0.289 e. The van der Waals surface area contributed by atoms with Crippen molar-refractivity contribution in [2.45, 2.75) is 6.54 Å². The molecular weight excluding hydrogens is 285 g/mol. The highest BCUT2D eigenvalue weighted by Gasteiger charge is 2.16. The lowest BCUT2D eigenvalue weighted by atomic mass is 10.2. The molecule has 4 nitrogen and oxygen atoms in total. The summed E-state index contributed by atoms with van der Waals surface area (Å²) in [5, 5.41) is 0.150. The van der Waals surface area contributed by atoms with Crippen molar-refractivity contribution in [1.82, 2.24) is 4.90 Å². The fraction of sp³-hybridized carbons (Fsp3) is 0.214. The van der Waals surface area contributed by atoms with Gasteiger partial charge in [0, 0.05) is 13.6 Å². The van der Waals surface area contributed by atoms with E-state index in [4.69, 9.17) is 20.8 Å². The van der Waals surface area contributed by atoms with Crippen LogP contribution in [0, 0.1) is 5.82 Å². The molecule has 0 aliphatic carbocycles. The first-order valence-corrected chi connectivity index (χ1v) is 6.22. The van der Waals surface area contributed by atoms with Crippen molar-refractivity contribution < 1.29 is 18.3 Å². The van der Waals surface area contributed by atoms with E-state index < -0.39 is 5.82 Å². The summed E-state index contributed by atoms with van der Waals surface area (Å²) in [5.41, 5.74) is 0.650. The first kappa shape index (κ1) is 14.4. The van der Waals surface area contributed by atoms with Crippen LogP contribution < -0.4 is 4.74 Å². The SMILES string of the molecule is COc1ccc(CN(C)C(=O)c2ccc(Cl)o2)cc1F. The Kier molecular flexibility index (Phi) is 4.29. The van der Waals surface area contributed by atoms with E-state index >= 15 is 0 Å². The van der Waals surface area contributed by atoms with Crippen LogP contribution in [0.4, 0.5) is 4.39 Å². The summed E-state index contributed by atoms with van der Waals surface area (Å²) in [6.45, 7) is 0.248. The minimum Gasteiger partial charge on any atom is -0.494 e. The number of benzene rings is 1. The van der Waals surface area contributed by atoms with Gasteiger partial charge in [0.1, 0.15) is 0 Å². The first-order valence-electron chi connectivity index (χ1n) is 5.84. The molecule has 0 radical (unpaired) electrons. The zero-order chi connectivity index (χ0) is 14.7. The molecule has 0 aliphatic rings. The predicted molar refractivity (Wildman–Crippen MR) is 72.5 cm³/mol. The van der Waals surface area contributed by atoms with E-state index in [1.54, 1.807) is 13.1 Å². The minimum absolute atomic E-state index is 0.145. The Morgan fingerprint density at radius 1 is 1.40 bits per heavy atom. The summed E-state index contributed by atoms with van der Waals surface area (Å²) in [6, 6.07) is 7.54. The summed E-state index contributed by atoms with van der Waals surface area (Å²) < 4.78 is 23.4. The summed E-state index contributed by atoms with van der Waals surface area (Å²) in [7, 11) is 3.00. The predicted octanol–water partition coefficient (Wildman–Crippen LogP) is 3.35. The van der Waals surface area contributed by atoms with Crippen LogP contribution in [0.2, 0.25) is 5.22 Å². The van der Waals surface area contributed by atoms with Gasteiger partial charge in [-0.3, -0.25) is 4.79 Å². The van der Waals surface area contributed by atoms with Crippen LogP contribution in [-0.4, -0.2) is 25.0 Å². The number of methoxy groups -OCH3 is 1. The number of furan rings is 1. The first-order chi connectivity index (χ1) is 9.51. The molecule has 0 atom stereocenters. The molecule has 0 aliphatic heterocycles. The lowest BCUT2D eigenvalue weighted by Crippen LogP contribution is -2.25. The van der Waals surface area contributed by atoms with Gasteiger partial charge in [-0.15, -0.1) is 0 Å². The second kappa shape index (κ2) is 5.96. The molecule has 0 spiro atoms. The van der Waals surface area contributed by atoms with Crippen molar-refractivity contribution in [3.8, 4) is 5.75 Å². The highest BCUT2D eigenvalue weighted by molar-refractivity contribution is 6.29. The third-order valence-electron chi connectivity index (χ3n) is 2.77. The van der Waals surface area contributed by atoms with E-state index in [0.717, 1.165) is 0 Å². The maximum Gasteiger partial charge on any atom is 0.289 e. The molecule has 0 saturated heterocycles. The number of carbonyl (C=O) groups is 1. The summed E-state index contributed by atoms with van der Waals surface area (Å²) in [6.07, 6.45) is 0. The Morgan fingerprint density at radius 2 is 2.15 bits per heavy atom. The van der Waals surface area contributed by atoms with Gasteiger partial charge in [0.15, 0.2) is 22.5 Å². The molecular formula is C14H13ClFNO3. The fourth-order valence-electron chi connectivity index (χ4n) is 1.77. The molecule has 1 heterocycles. The van der Waals surface area contributed by atoms with Gasteiger partial charge in [-0.1, -0.05) is 6.07 Å². The zero-order valence-corrected chi connectivity index (χ0v) is 11.8. The molecule has 0 N–H and O–H groups in total. The van der Waals surface area contributed by atoms with Crippen LogP contribution in [-0.2, 0) is 6.54 Å². The van der Waals surface area contributed by atoms with Gasteiger partial charge in [0.2, 0.25) is 0 Å². The maximum absolute atomic E-state index is 13.6. The van der Waals surface area contributed by atoms with Gasteiger partial charge in [-0.25, -0.2) is 4.39 Å². The lowest BCUT2D eigenvalue weighted by Gasteiger charge is -2.16. The third kappa shape index (κ3) is 3.11. The van der Waals surface area contributed by atoms with Crippen LogP contribution in [0.3, 0.4) is 0 Å². The van der Waals surface area contributed by atoms with Crippen molar-refractivity contribution in [2.75, 3.05) is 14.2 Å². The van der Waals surface area contributed by atoms with E-state index in [2.05, 4.69) is 0 Å². The second-order valence-corrected chi connectivity index (χ2v) is 4.61. The van der Waals surface area contributed by atoms with Crippen molar-refractivity contribution in [2.24, 2.45) is 0 Å². The maximum atomic E-state index is 13.6. The molecule has 0 saturated carbocycles. The van der Waals surface area contributed by atoms with E-state index in [-0.39, 0.29) is 29.2 Å². The molecule has 0 unspecified atom stereocenters. The molecule has 6 heteroatoms. The average Bonchev–Trinajstić information content (AvgIpc) is 2.84. The quantitative estimate of drug-likeness (QED) is 0.869. The molecule has 0 fully saturated rings. The molecule has 1 aromatic carbocycles. The van der Waals surface area contributed by atoms with Gasteiger partial charge in [-0.05, 0) is 41.4 Å². The number of amides is 1. The molecule has 20 heavy (non-hydrogen) atoms. The van der Waals surface area contributed by atoms with Gasteiger partial charge in [0.25, 0.3) is 5.91 Å². The standard InChI is InChI=1S/C14H13ClFNO3/c1-17(14(18)12-5-6-13(15)20-12)8-9-3-4-11(19-2)10(16)7-9/h3-7H,8H2,1-2H3. The molecule has 2 aromatic rings. The Balaban J connectivity index is 2.09. The molecule has 1 aromatic heterocycles. The van der Waals surface area contributed by atoms with Crippen LogP contribution in [0.25, 0.3) is 0 Å². The highest BCUT2D eigenvalue weighted by atomic mass is 35.5. The average molecular weight is 298 g/mol. The number of rotatable bonds is 4. The summed E-state index contributed by atoms with van der Waals surface area (Å²) >= 11 is 5.62. The van der Waals surface area contributed by atoms with Gasteiger partial charge >= 0.3 is 0 Å². The number of nitrogens with zero attached hydrogens (tertiary/aromatic N) is 1. The number of hydrogen-bond acceptors (Lipinski definition) is 3. The Hall–Kier alpha value is -2.01. The van der Waals surface area contributed by atoms with E-state index in [0.29, 0.717) is 5.56 Å². The number of hydrogen-bond donors (Lipinski definition) is 0. The number of ether oxygens (including phenoxy) is 1. The molecule has 1 amide bonds. The van der Waals surface area contributed by atoms with Gasteiger partial charge in [0.05, 0.1) is 7.11 Å². The van der Waals surface area contributed by atoms with Crippen molar-refractivity contribution in [1.29, 1.82) is 0 Å². The number of carbonyl (C=O) groups excluding carboxylic acids is 1. The van der Waals surface area contributed by atoms with Gasteiger partial charge in [-0.2, -0.15) is 0 Å². The highest BCUT2D eigenvalue weighted by Crippen LogP contribution is 2.20. The summed E-state index contributed by atoms with van der Waals surface area (Å²) in [5.74, 6) is -0.480.